The highest BCUT2D eigenvalue weighted by molar-refractivity contribution is 5.73. The Morgan fingerprint density at radius 2 is 2.22 bits per heavy atom. The Morgan fingerprint density at radius 3 is 2.83 bits per heavy atom. The summed E-state index contributed by atoms with van der Waals surface area (Å²) >= 11 is 0. The summed E-state index contributed by atoms with van der Waals surface area (Å²) in [7, 11) is 0. The topological polar surface area (TPSA) is 91.2 Å². The number of aryl methyl sites for hydroxylation is 1. The predicted molar refractivity (Wildman–Crippen MR) is 70.3 cm³/mol. The van der Waals surface area contributed by atoms with Gasteiger partial charge in [0.2, 0.25) is 5.91 Å². The maximum absolute atomic E-state index is 10.7. The summed E-state index contributed by atoms with van der Waals surface area (Å²) in [5.41, 5.74) is 12.8. The van der Waals surface area contributed by atoms with Crippen molar-refractivity contribution in [2.75, 3.05) is 6.61 Å². The van der Waals surface area contributed by atoms with Crippen LogP contribution in [0.1, 0.15) is 31.2 Å². The van der Waals surface area contributed by atoms with Crippen LogP contribution in [0.25, 0.3) is 0 Å². The first-order valence-electron chi connectivity index (χ1n) is 6.16. The first-order chi connectivity index (χ1) is 8.52. The van der Waals surface area contributed by atoms with E-state index in [0.29, 0.717) is 12.2 Å². The third-order valence-corrected chi connectivity index (χ3v) is 2.66. The summed E-state index contributed by atoms with van der Waals surface area (Å²) in [5, 5.41) is 0. The average molecular weight is 251 g/mol. The maximum atomic E-state index is 10.7. The molecule has 0 spiro atoms. The van der Waals surface area contributed by atoms with Gasteiger partial charge < -0.3 is 16.2 Å². The van der Waals surface area contributed by atoms with Crippen LogP contribution in [0.4, 0.5) is 0 Å². The van der Waals surface area contributed by atoms with Crippen molar-refractivity contribution < 1.29 is 9.53 Å². The van der Waals surface area contributed by atoms with E-state index in [1.807, 2.05) is 26.0 Å². The van der Waals surface area contributed by atoms with E-state index in [-0.39, 0.29) is 25.0 Å². The quantitative estimate of drug-likeness (QED) is 0.754. The number of primary amides is 1. The van der Waals surface area contributed by atoms with E-state index in [4.69, 9.17) is 16.2 Å². The molecular formula is C13H21N3O2. The second-order valence-electron chi connectivity index (χ2n) is 4.33. The molecule has 4 N–H and O–H groups in total. The fourth-order valence-electron chi connectivity index (χ4n) is 1.53. The third-order valence-electron chi connectivity index (χ3n) is 2.66. The van der Waals surface area contributed by atoms with Crippen molar-refractivity contribution in [2.45, 2.75) is 39.2 Å². The summed E-state index contributed by atoms with van der Waals surface area (Å²) in [4.78, 5) is 15.1. The van der Waals surface area contributed by atoms with E-state index in [1.165, 1.54) is 0 Å². The summed E-state index contributed by atoms with van der Waals surface area (Å²) in [6, 6.07) is 3.81. The van der Waals surface area contributed by atoms with Gasteiger partial charge in [-0.2, -0.15) is 0 Å². The van der Waals surface area contributed by atoms with Crippen molar-refractivity contribution in [2.24, 2.45) is 11.5 Å². The van der Waals surface area contributed by atoms with Crippen LogP contribution in [-0.2, 0) is 11.2 Å². The van der Waals surface area contributed by atoms with Gasteiger partial charge in [0.25, 0.3) is 0 Å². The van der Waals surface area contributed by atoms with E-state index in [1.54, 1.807) is 0 Å². The molecule has 1 heterocycles. The van der Waals surface area contributed by atoms with Crippen LogP contribution in [0.2, 0.25) is 0 Å². The van der Waals surface area contributed by atoms with Crippen LogP contribution in [0.15, 0.2) is 12.1 Å². The lowest BCUT2D eigenvalue weighted by molar-refractivity contribution is -0.118. The van der Waals surface area contributed by atoms with E-state index >= 15 is 0 Å². The number of ether oxygens (including phenoxy) is 1. The Bertz CT molecular complexity index is 407. The molecule has 1 rings (SSSR count). The van der Waals surface area contributed by atoms with Gasteiger partial charge in [-0.25, -0.2) is 0 Å². The first-order valence-corrected chi connectivity index (χ1v) is 6.16. The number of hydrogen-bond acceptors (Lipinski definition) is 4. The Labute approximate surface area is 108 Å². The minimum absolute atomic E-state index is 0.0674. The zero-order chi connectivity index (χ0) is 13.5. The van der Waals surface area contributed by atoms with Gasteiger partial charge >= 0.3 is 0 Å². The SMILES string of the molecule is CCC(N)Cc1nc(C)ccc1OCCC(N)=O. The van der Waals surface area contributed by atoms with Crippen molar-refractivity contribution in [1.82, 2.24) is 4.98 Å². The number of nitrogens with two attached hydrogens (primary N) is 2. The molecule has 0 saturated carbocycles. The monoisotopic (exact) mass is 251 g/mol. The molecule has 0 aliphatic rings. The first kappa shape index (κ1) is 14.4. The van der Waals surface area contributed by atoms with Crippen molar-refractivity contribution in [3.63, 3.8) is 0 Å². The number of amides is 1. The van der Waals surface area contributed by atoms with Gasteiger partial charge in [0.1, 0.15) is 5.75 Å². The van der Waals surface area contributed by atoms with Gasteiger partial charge in [-0.3, -0.25) is 9.78 Å². The number of pyridine rings is 1. The number of nitrogens with zero attached hydrogens (tertiary/aromatic N) is 1. The molecule has 1 aromatic heterocycles. The van der Waals surface area contributed by atoms with Gasteiger partial charge in [0, 0.05) is 18.2 Å². The molecule has 18 heavy (non-hydrogen) atoms. The Morgan fingerprint density at radius 1 is 1.50 bits per heavy atom. The number of carbonyl (C=O) groups excluding carboxylic acids is 1. The zero-order valence-corrected chi connectivity index (χ0v) is 11.0. The Hall–Kier alpha value is -1.62. The summed E-state index contributed by atoms with van der Waals surface area (Å²) in [6.07, 6.45) is 1.76. The summed E-state index contributed by atoms with van der Waals surface area (Å²) in [5.74, 6) is 0.313. The highest BCUT2D eigenvalue weighted by atomic mass is 16.5. The fourth-order valence-corrected chi connectivity index (χ4v) is 1.53. The van der Waals surface area contributed by atoms with Crippen molar-refractivity contribution in [1.29, 1.82) is 0 Å². The van der Waals surface area contributed by atoms with Crippen LogP contribution in [0.5, 0.6) is 5.75 Å². The van der Waals surface area contributed by atoms with Gasteiger partial charge in [0.15, 0.2) is 0 Å². The van der Waals surface area contributed by atoms with Crippen LogP contribution in [0, 0.1) is 6.92 Å². The number of aromatic nitrogens is 1. The van der Waals surface area contributed by atoms with Crippen LogP contribution in [0.3, 0.4) is 0 Å². The van der Waals surface area contributed by atoms with Crippen LogP contribution in [-0.4, -0.2) is 23.5 Å². The van der Waals surface area contributed by atoms with Gasteiger partial charge in [-0.1, -0.05) is 6.92 Å². The molecule has 5 nitrogen and oxygen atoms in total. The molecule has 0 aliphatic carbocycles. The minimum Gasteiger partial charge on any atom is -0.491 e. The van der Waals surface area contributed by atoms with Crippen molar-refractivity contribution in [3.8, 4) is 5.75 Å². The molecule has 1 unspecified atom stereocenters. The fraction of sp³-hybridized carbons (Fsp3) is 0.538. The molecule has 0 saturated heterocycles. The lowest BCUT2D eigenvalue weighted by atomic mass is 10.1. The molecule has 0 bridgehead atoms. The Balaban J connectivity index is 2.72. The molecule has 0 fully saturated rings. The molecule has 100 valence electrons. The maximum Gasteiger partial charge on any atom is 0.220 e. The lowest BCUT2D eigenvalue weighted by Gasteiger charge is -2.13. The minimum atomic E-state index is -0.373. The third kappa shape index (κ3) is 4.71. The normalized spacial score (nSPS) is 12.2. The van der Waals surface area contributed by atoms with Gasteiger partial charge in [0.05, 0.1) is 18.7 Å². The standard InChI is InChI=1S/C13H21N3O2/c1-3-10(14)8-11-12(5-4-9(2)16-11)18-7-6-13(15)17/h4-5,10H,3,6-8,14H2,1-2H3,(H2,15,17). The predicted octanol–water partition coefficient (Wildman–Crippen LogP) is 0.924. The van der Waals surface area contributed by atoms with Crippen molar-refractivity contribution >= 4 is 5.91 Å². The molecule has 1 amide bonds. The molecule has 0 aromatic carbocycles. The molecule has 0 aliphatic heterocycles. The number of rotatable bonds is 7. The highest BCUT2D eigenvalue weighted by Crippen LogP contribution is 2.19. The largest absolute Gasteiger partial charge is 0.491 e. The number of hydrogen-bond donors (Lipinski definition) is 2. The summed E-state index contributed by atoms with van der Waals surface area (Å²) < 4.78 is 5.53. The molecule has 1 atom stereocenters. The van der Waals surface area contributed by atoms with Crippen molar-refractivity contribution in [3.05, 3.63) is 23.5 Å². The molecule has 0 radical (unpaired) electrons. The smallest absolute Gasteiger partial charge is 0.220 e. The van der Waals surface area contributed by atoms with E-state index in [9.17, 15) is 4.79 Å². The average Bonchev–Trinajstić information content (AvgIpc) is 2.31. The Kier molecular flexibility index (Phi) is 5.58. The van der Waals surface area contributed by atoms with E-state index < -0.39 is 0 Å². The van der Waals surface area contributed by atoms with Gasteiger partial charge in [-0.05, 0) is 25.5 Å². The molecule has 1 aromatic rings. The van der Waals surface area contributed by atoms with Crippen LogP contribution >= 0.6 is 0 Å². The van der Waals surface area contributed by atoms with E-state index in [2.05, 4.69) is 4.98 Å². The van der Waals surface area contributed by atoms with Gasteiger partial charge in [-0.15, -0.1) is 0 Å². The van der Waals surface area contributed by atoms with Crippen LogP contribution < -0.4 is 16.2 Å². The highest BCUT2D eigenvalue weighted by Gasteiger charge is 2.10. The number of carbonyl (C=O) groups is 1. The summed E-state index contributed by atoms with van der Waals surface area (Å²) in [6.45, 7) is 4.23. The lowest BCUT2D eigenvalue weighted by Crippen LogP contribution is -2.23. The molecule has 5 heteroatoms. The van der Waals surface area contributed by atoms with E-state index in [0.717, 1.165) is 17.8 Å². The second-order valence-corrected chi connectivity index (χ2v) is 4.33. The zero-order valence-electron chi connectivity index (χ0n) is 11.0. The molecular weight excluding hydrogens is 230 g/mol. The second kappa shape index (κ2) is 6.96.